The highest BCUT2D eigenvalue weighted by atomic mass is 16.5. The molecule has 146 valence electrons. The van der Waals surface area contributed by atoms with Crippen LogP contribution in [0.15, 0.2) is 0 Å². The average Bonchev–Trinajstić information content (AvgIpc) is 2.55. The fraction of sp³-hybridized carbons (Fsp3) is 1.00. The minimum absolute atomic E-state index is 0.885. The highest BCUT2D eigenvalue weighted by Gasteiger charge is 1.99. The Bertz CT molecular complexity index is 234. The van der Waals surface area contributed by atoms with Crippen molar-refractivity contribution in [2.75, 3.05) is 54.0 Å². The molecule has 0 atom stereocenters. The van der Waals surface area contributed by atoms with Gasteiger partial charge in [0.1, 0.15) is 0 Å². The lowest BCUT2D eigenvalue weighted by molar-refractivity contribution is 0.107. The third-order valence-corrected chi connectivity index (χ3v) is 4.65. The van der Waals surface area contributed by atoms with Crippen molar-refractivity contribution in [2.45, 2.75) is 84.0 Å². The van der Waals surface area contributed by atoms with Crippen LogP contribution in [0, 0.1) is 0 Å². The largest absolute Gasteiger partial charge is 0.380 e. The maximum atomic E-state index is 5.76. The van der Waals surface area contributed by atoms with Crippen molar-refractivity contribution in [3.63, 3.8) is 0 Å². The van der Waals surface area contributed by atoms with Gasteiger partial charge in [0.15, 0.2) is 0 Å². The van der Waals surface area contributed by atoms with E-state index < -0.39 is 0 Å². The van der Waals surface area contributed by atoms with Gasteiger partial charge in [-0.15, -0.1) is 0 Å². The summed E-state index contributed by atoms with van der Waals surface area (Å²) in [6.45, 7) is 7.52. The van der Waals surface area contributed by atoms with Crippen molar-refractivity contribution in [2.24, 2.45) is 0 Å². The van der Waals surface area contributed by atoms with E-state index in [-0.39, 0.29) is 0 Å². The molecular weight excluding hydrogens is 296 g/mol. The zero-order valence-corrected chi connectivity index (χ0v) is 17.3. The molecule has 0 saturated carbocycles. The van der Waals surface area contributed by atoms with E-state index in [0.717, 1.165) is 19.8 Å². The quantitative estimate of drug-likeness (QED) is 0.300. The molecule has 0 fully saturated rings. The first-order chi connectivity index (χ1) is 11.7. The minimum atomic E-state index is 0.885. The van der Waals surface area contributed by atoms with Gasteiger partial charge in [-0.1, -0.05) is 71.1 Å². The molecule has 0 aromatic carbocycles. The molecule has 0 aliphatic rings. The summed E-state index contributed by atoms with van der Waals surface area (Å²) < 4.78 is 5.76. The number of likely N-dealkylation sites (N-methyl/N-ethyl adjacent to an activating group) is 1. The van der Waals surface area contributed by atoms with Crippen LogP contribution in [-0.4, -0.2) is 63.8 Å². The molecule has 0 saturated heterocycles. The third-order valence-electron chi connectivity index (χ3n) is 4.65. The second-order valence-electron chi connectivity index (χ2n) is 7.61. The number of unbranched alkanes of at least 4 members (excludes halogenated alkanes) is 10. The van der Waals surface area contributed by atoms with Gasteiger partial charge in [0, 0.05) is 13.2 Å². The predicted octanol–water partition coefficient (Wildman–Crippen LogP) is 5.20. The lowest BCUT2D eigenvalue weighted by Crippen LogP contribution is -2.27. The van der Waals surface area contributed by atoms with Gasteiger partial charge in [-0.2, -0.15) is 0 Å². The van der Waals surface area contributed by atoms with Crippen LogP contribution in [0.2, 0.25) is 0 Å². The Morgan fingerprint density at radius 1 is 0.542 bits per heavy atom. The summed E-state index contributed by atoms with van der Waals surface area (Å²) >= 11 is 0. The monoisotopic (exact) mass is 342 g/mol. The van der Waals surface area contributed by atoms with Gasteiger partial charge in [0.25, 0.3) is 0 Å². The molecule has 0 aromatic rings. The number of hydrogen-bond donors (Lipinski definition) is 0. The summed E-state index contributed by atoms with van der Waals surface area (Å²) in [4.78, 5) is 4.63. The van der Waals surface area contributed by atoms with Crippen molar-refractivity contribution in [3.05, 3.63) is 0 Å². The maximum Gasteiger partial charge on any atom is 0.0593 e. The topological polar surface area (TPSA) is 15.7 Å². The first kappa shape index (κ1) is 23.9. The van der Waals surface area contributed by atoms with Crippen molar-refractivity contribution in [1.29, 1.82) is 0 Å². The maximum absolute atomic E-state index is 5.76. The molecular formula is C21H46N2O. The van der Waals surface area contributed by atoms with E-state index in [1.807, 2.05) is 0 Å². The Morgan fingerprint density at radius 2 is 1.08 bits per heavy atom. The van der Waals surface area contributed by atoms with E-state index in [4.69, 9.17) is 4.74 Å². The zero-order chi connectivity index (χ0) is 17.9. The third kappa shape index (κ3) is 19.9. The number of rotatable bonds is 19. The fourth-order valence-electron chi connectivity index (χ4n) is 2.96. The van der Waals surface area contributed by atoms with Gasteiger partial charge in [0.05, 0.1) is 6.61 Å². The lowest BCUT2D eigenvalue weighted by atomic mass is 10.1. The normalized spacial score (nSPS) is 11.8. The second kappa shape index (κ2) is 19.2. The smallest absolute Gasteiger partial charge is 0.0593 e. The summed E-state index contributed by atoms with van der Waals surface area (Å²) in [6.07, 6.45) is 16.6. The molecule has 0 unspecified atom stereocenters. The predicted molar refractivity (Wildman–Crippen MR) is 108 cm³/mol. The molecule has 3 heteroatoms. The van der Waals surface area contributed by atoms with Crippen molar-refractivity contribution in [3.8, 4) is 0 Å². The van der Waals surface area contributed by atoms with Crippen LogP contribution < -0.4 is 0 Å². The van der Waals surface area contributed by atoms with E-state index in [9.17, 15) is 0 Å². The molecule has 0 heterocycles. The summed E-state index contributed by atoms with van der Waals surface area (Å²) in [5.41, 5.74) is 0. The highest BCUT2D eigenvalue weighted by Crippen LogP contribution is 2.11. The lowest BCUT2D eigenvalue weighted by Gasteiger charge is -2.18. The van der Waals surface area contributed by atoms with Gasteiger partial charge >= 0.3 is 0 Å². The summed E-state index contributed by atoms with van der Waals surface area (Å²) in [5.74, 6) is 0. The van der Waals surface area contributed by atoms with Crippen LogP contribution in [0.3, 0.4) is 0 Å². The molecule has 0 bridgehead atoms. The van der Waals surface area contributed by atoms with Crippen LogP contribution in [-0.2, 0) is 4.74 Å². The zero-order valence-electron chi connectivity index (χ0n) is 17.3. The first-order valence-electron chi connectivity index (χ1n) is 10.6. The Hall–Kier alpha value is -0.120. The van der Waals surface area contributed by atoms with Crippen molar-refractivity contribution >= 4 is 0 Å². The molecule has 0 rings (SSSR count). The van der Waals surface area contributed by atoms with Crippen LogP contribution in [0.25, 0.3) is 0 Å². The van der Waals surface area contributed by atoms with Gasteiger partial charge in [-0.3, -0.25) is 0 Å². The van der Waals surface area contributed by atoms with E-state index in [2.05, 4.69) is 37.9 Å². The van der Waals surface area contributed by atoms with Crippen LogP contribution in [0.5, 0.6) is 0 Å². The standard InChI is InChI=1S/C21H46N2O/c1-5-6-7-8-9-10-11-12-13-14-15-20-24-21-19-23(4)18-16-17-22(2)3/h5-21H2,1-4H3. The minimum Gasteiger partial charge on any atom is -0.380 e. The van der Waals surface area contributed by atoms with Crippen molar-refractivity contribution < 1.29 is 4.74 Å². The molecule has 0 aromatic heterocycles. The van der Waals surface area contributed by atoms with Gasteiger partial charge in [0.2, 0.25) is 0 Å². The van der Waals surface area contributed by atoms with Crippen LogP contribution in [0.1, 0.15) is 84.0 Å². The molecule has 0 aliphatic heterocycles. The van der Waals surface area contributed by atoms with Gasteiger partial charge in [-0.25, -0.2) is 0 Å². The van der Waals surface area contributed by atoms with E-state index >= 15 is 0 Å². The van der Waals surface area contributed by atoms with Crippen LogP contribution in [0.4, 0.5) is 0 Å². The summed E-state index contributed by atoms with van der Waals surface area (Å²) in [5, 5.41) is 0. The summed E-state index contributed by atoms with van der Waals surface area (Å²) in [6, 6.07) is 0. The molecule has 0 spiro atoms. The van der Waals surface area contributed by atoms with E-state index in [0.29, 0.717) is 0 Å². The number of ether oxygens (including phenoxy) is 1. The first-order valence-corrected chi connectivity index (χ1v) is 10.6. The van der Waals surface area contributed by atoms with E-state index in [1.165, 1.54) is 90.1 Å². The Labute approximate surface area is 153 Å². The molecule has 0 amide bonds. The van der Waals surface area contributed by atoms with Crippen molar-refractivity contribution in [1.82, 2.24) is 9.80 Å². The fourth-order valence-corrected chi connectivity index (χ4v) is 2.96. The highest BCUT2D eigenvalue weighted by molar-refractivity contribution is 4.53. The summed E-state index contributed by atoms with van der Waals surface area (Å²) in [7, 11) is 6.47. The Morgan fingerprint density at radius 3 is 1.62 bits per heavy atom. The molecule has 0 aliphatic carbocycles. The molecule has 24 heavy (non-hydrogen) atoms. The number of hydrogen-bond acceptors (Lipinski definition) is 3. The molecule has 0 radical (unpaired) electrons. The Balaban J connectivity index is 3.09. The molecule has 3 nitrogen and oxygen atoms in total. The number of nitrogens with zero attached hydrogens (tertiary/aromatic N) is 2. The second-order valence-corrected chi connectivity index (χ2v) is 7.61. The van der Waals surface area contributed by atoms with Gasteiger partial charge in [-0.05, 0) is 47.1 Å². The SMILES string of the molecule is CCCCCCCCCCCCCOCCN(C)CCCN(C)C. The molecule has 0 N–H and O–H groups in total. The van der Waals surface area contributed by atoms with E-state index in [1.54, 1.807) is 0 Å². The van der Waals surface area contributed by atoms with Gasteiger partial charge < -0.3 is 14.5 Å². The van der Waals surface area contributed by atoms with Crippen LogP contribution >= 0.6 is 0 Å². The average molecular weight is 343 g/mol. The Kier molecular flexibility index (Phi) is 19.1.